The maximum absolute atomic E-state index is 11.7. The van der Waals surface area contributed by atoms with Gasteiger partial charge in [0.25, 0.3) is 5.24 Å². The summed E-state index contributed by atoms with van der Waals surface area (Å²) in [6, 6.07) is 8.71. The number of carbonyl (C=O) groups excluding carboxylic acids is 1. The summed E-state index contributed by atoms with van der Waals surface area (Å²) in [4.78, 5) is 13.7. The molecule has 21 heavy (non-hydrogen) atoms. The topological polar surface area (TPSA) is 40.5 Å². The zero-order valence-corrected chi connectivity index (χ0v) is 14.7. The van der Waals surface area contributed by atoms with E-state index in [9.17, 15) is 4.79 Å². The fraction of sp³-hybridized carbons (Fsp3) is 0.588. The highest BCUT2D eigenvalue weighted by molar-refractivity contribution is 8.13. The van der Waals surface area contributed by atoms with E-state index in [-0.39, 0.29) is 5.24 Å². The Morgan fingerprint density at radius 1 is 1.10 bits per heavy atom. The highest BCUT2D eigenvalue weighted by atomic mass is 32.2. The average molecular weight is 311 g/mol. The lowest BCUT2D eigenvalue weighted by atomic mass is 10.1. The minimum Gasteiger partial charge on any atom is -0.508 e. The third-order valence-corrected chi connectivity index (χ3v) is 3.25. The van der Waals surface area contributed by atoms with Gasteiger partial charge in [0, 0.05) is 13.1 Å². The zero-order chi connectivity index (χ0) is 16.3. The van der Waals surface area contributed by atoms with Gasteiger partial charge in [0.15, 0.2) is 0 Å². The Labute approximate surface area is 133 Å². The molecule has 4 heteroatoms. The molecule has 0 spiro atoms. The lowest BCUT2D eigenvalue weighted by molar-refractivity contribution is 0.208. The molecule has 0 heterocycles. The second-order valence-electron chi connectivity index (χ2n) is 5.73. The summed E-state index contributed by atoms with van der Waals surface area (Å²) in [6.45, 7) is 12.4. The predicted octanol–water partition coefficient (Wildman–Crippen LogP) is 4.87. The van der Waals surface area contributed by atoms with Crippen molar-refractivity contribution in [2.45, 2.75) is 34.6 Å². The van der Waals surface area contributed by atoms with Gasteiger partial charge in [0.1, 0.15) is 5.75 Å². The summed E-state index contributed by atoms with van der Waals surface area (Å²) in [5.74, 6) is 2.29. The molecule has 0 unspecified atom stereocenters. The lowest BCUT2D eigenvalue weighted by Gasteiger charge is -2.25. The van der Waals surface area contributed by atoms with Crippen molar-refractivity contribution < 1.29 is 9.90 Å². The fourth-order valence-electron chi connectivity index (χ4n) is 1.75. The molecule has 0 atom stereocenters. The number of hydrogen-bond donors (Lipinski definition) is 1. The van der Waals surface area contributed by atoms with E-state index in [0.717, 1.165) is 18.8 Å². The monoisotopic (exact) mass is 311 g/mol. The van der Waals surface area contributed by atoms with Crippen LogP contribution < -0.4 is 0 Å². The highest BCUT2D eigenvalue weighted by Gasteiger charge is 2.15. The molecule has 1 amide bonds. The van der Waals surface area contributed by atoms with Crippen molar-refractivity contribution in [3.63, 3.8) is 0 Å². The summed E-state index contributed by atoms with van der Waals surface area (Å²) in [5, 5.41) is 8.86. The number of thioether (sulfide) groups is 1. The van der Waals surface area contributed by atoms with Crippen molar-refractivity contribution >= 4 is 17.0 Å². The molecule has 0 aliphatic heterocycles. The summed E-state index contributed by atoms with van der Waals surface area (Å²) < 4.78 is 0. The summed E-state index contributed by atoms with van der Waals surface area (Å²) in [6.07, 6.45) is 0. The molecular formula is C17H29NO2S. The first-order valence-corrected chi connectivity index (χ1v) is 8.51. The van der Waals surface area contributed by atoms with E-state index in [0.29, 0.717) is 17.6 Å². The van der Waals surface area contributed by atoms with Crippen LogP contribution in [-0.2, 0) is 0 Å². The molecule has 0 bridgehead atoms. The van der Waals surface area contributed by atoms with Gasteiger partial charge in [-0.05, 0) is 29.7 Å². The van der Waals surface area contributed by atoms with Crippen LogP contribution in [0.2, 0.25) is 0 Å². The Hall–Kier alpha value is -1.16. The normalized spacial score (nSPS) is 10.2. The first-order chi connectivity index (χ1) is 9.86. The second kappa shape index (κ2) is 11.5. The fourth-order valence-corrected chi connectivity index (χ4v) is 2.33. The Bertz CT molecular complexity index is 370. The van der Waals surface area contributed by atoms with Gasteiger partial charge in [-0.3, -0.25) is 4.79 Å². The van der Waals surface area contributed by atoms with Gasteiger partial charge in [0.05, 0.1) is 0 Å². The van der Waals surface area contributed by atoms with Gasteiger partial charge in [0.2, 0.25) is 0 Å². The number of carbonyl (C=O) groups is 1. The number of phenols is 1. The number of amides is 1. The van der Waals surface area contributed by atoms with Crippen LogP contribution in [0.3, 0.4) is 0 Å². The van der Waals surface area contributed by atoms with Crippen molar-refractivity contribution in [2.24, 2.45) is 11.8 Å². The Kier molecular flexibility index (Phi) is 10.9. The SMILES string of the molecule is CCSC(=O)N(CC(C)C)CC(C)C.Oc1ccccc1. The van der Waals surface area contributed by atoms with Crippen LogP contribution in [0.15, 0.2) is 30.3 Å². The maximum Gasteiger partial charge on any atom is 0.281 e. The first-order valence-electron chi connectivity index (χ1n) is 7.52. The summed E-state index contributed by atoms with van der Waals surface area (Å²) in [5.41, 5.74) is 0. The molecule has 1 N–H and O–H groups in total. The van der Waals surface area contributed by atoms with Crippen LogP contribution in [0.4, 0.5) is 4.79 Å². The van der Waals surface area contributed by atoms with Gasteiger partial charge < -0.3 is 10.0 Å². The van der Waals surface area contributed by atoms with Crippen molar-refractivity contribution in [3.8, 4) is 5.75 Å². The predicted molar refractivity (Wildman–Crippen MR) is 92.9 cm³/mol. The van der Waals surface area contributed by atoms with E-state index in [1.54, 1.807) is 24.3 Å². The van der Waals surface area contributed by atoms with Crippen LogP contribution in [0, 0.1) is 11.8 Å². The van der Waals surface area contributed by atoms with Crippen LogP contribution in [0.1, 0.15) is 34.6 Å². The van der Waals surface area contributed by atoms with Crippen LogP contribution in [-0.4, -0.2) is 34.1 Å². The molecule has 0 saturated heterocycles. The standard InChI is InChI=1S/C11H23NOS.C6H6O/c1-6-14-11(13)12(7-9(2)3)8-10(4)5;7-6-4-2-1-3-5-6/h9-10H,6-8H2,1-5H3;1-5,7H. The van der Waals surface area contributed by atoms with E-state index < -0.39 is 0 Å². The number of nitrogens with zero attached hydrogens (tertiary/aromatic N) is 1. The Morgan fingerprint density at radius 3 is 1.86 bits per heavy atom. The van der Waals surface area contributed by atoms with Gasteiger partial charge in [-0.1, -0.05) is 64.6 Å². The van der Waals surface area contributed by atoms with Crippen molar-refractivity contribution in [1.29, 1.82) is 0 Å². The van der Waals surface area contributed by atoms with E-state index >= 15 is 0 Å². The molecule has 0 radical (unpaired) electrons. The van der Waals surface area contributed by atoms with E-state index in [1.807, 2.05) is 17.9 Å². The molecule has 3 nitrogen and oxygen atoms in total. The average Bonchev–Trinajstić information content (AvgIpc) is 2.39. The van der Waals surface area contributed by atoms with Gasteiger partial charge in [-0.25, -0.2) is 0 Å². The van der Waals surface area contributed by atoms with Crippen LogP contribution in [0.5, 0.6) is 5.75 Å². The quantitative estimate of drug-likeness (QED) is 0.843. The van der Waals surface area contributed by atoms with Crippen molar-refractivity contribution in [1.82, 2.24) is 4.90 Å². The third kappa shape index (κ3) is 11.2. The van der Waals surface area contributed by atoms with Gasteiger partial charge >= 0.3 is 0 Å². The molecule has 1 aromatic rings. The molecule has 120 valence electrons. The molecule has 1 aromatic carbocycles. The highest BCUT2D eigenvalue weighted by Crippen LogP contribution is 2.12. The van der Waals surface area contributed by atoms with Crippen molar-refractivity contribution in [3.05, 3.63) is 30.3 Å². The zero-order valence-electron chi connectivity index (χ0n) is 13.9. The number of benzene rings is 1. The number of hydrogen-bond acceptors (Lipinski definition) is 3. The molecule has 1 rings (SSSR count). The molecule has 0 aliphatic carbocycles. The Morgan fingerprint density at radius 2 is 1.57 bits per heavy atom. The molecule has 0 fully saturated rings. The van der Waals surface area contributed by atoms with Crippen molar-refractivity contribution in [2.75, 3.05) is 18.8 Å². The smallest absolute Gasteiger partial charge is 0.281 e. The number of phenolic OH excluding ortho intramolecular Hbond substituents is 1. The summed E-state index contributed by atoms with van der Waals surface area (Å²) >= 11 is 1.41. The lowest BCUT2D eigenvalue weighted by Crippen LogP contribution is -2.34. The Balaban J connectivity index is 0.000000471. The number of aromatic hydroxyl groups is 1. The minimum absolute atomic E-state index is 0.231. The number of para-hydroxylation sites is 1. The molecule has 0 aliphatic rings. The second-order valence-corrected chi connectivity index (χ2v) is 6.94. The molecular weight excluding hydrogens is 282 g/mol. The molecule has 0 saturated carbocycles. The van der Waals surface area contributed by atoms with Gasteiger partial charge in [-0.15, -0.1) is 0 Å². The minimum atomic E-state index is 0.231. The van der Waals surface area contributed by atoms with E-state index in [2.05, 4.69) is 27.7 Å². The first kappa shape index (κ1) is 19.8. The van der Waals surface area contributed by atoms with Crippen LogP contribution >= 0.6 is 11.8 Å². The van der Waals surface area contributed by atoms with E-state index in [4.69, 9.17) is 5.11 Å². The third-order valence-electron chi connectivity index (χ3n) is 2.45. The van der Waals surface area contributed by atoms with E-state index in [1.165, 1.54) is 11.8 Å². The summed E-state index contributed by atoms with van der Waals surface area (Å²) in [7, 11) is 0. The number of rotatable bonds is 5. The van der Waals surface area contributed by atoms with Crippen LogP contribution in [0.25, 0.3) is 0 Å². The maximum atomic E-state index is 11.7. The van der Waals surface area contributed by atoms with Gasteiger partial charge in [-0.2, -0.15) is 0 Å². The molecule has 0 aromatic heterocycles. The largest absolute Gasteiger partial charge is 0.508 e.